The summed E-state index contributed by atoms with van der Waals surface area (Å²) in [5.74, 6) is 0. The Labute approximate surface area is 201 Å². The Morgan fingerprint density at radius 3 is 1.33 bits per heavy atom. The number of rotatable bonds is 19. The number of hydrogen-bond donors (Lipinski definition) is 1. The maximum Gasteiger partial charge on any atom is 0.119 e. The number of nitrogens with two attached hydrogens (primary N) is 1. The Bertz CT molecular complexity index is 451. The first-order valence-electron chi connectivity index (χ1n) is 12.6. The molecule has 0 saturated heterocycles. The van der Waals surface area contributed by atoms with E-state index < -0.39 is 0 Å². The summed E-state index contributed by atoms with van der Waals surface area (Å²) in [4.78, 5) is 0. The minimum Gasteiger partial charge on any atom is -1.00 e. The second-order valence-electron chi connectivity index (χ2n) is 9.13. The lowest BCUT2D eigenvalue weighted by atomic mass is 9.86. The van der Waals surface area contributed by atoms with Crippen molar-refractivity contribution in [2.24, 2.45) is 0 Å². The Hall–Kier alpha value is -0.240. The van der Waals surface area contributed by atoms with E-state index in [-0.39, 0.29) is 30.4 Å². The molecule has 1 rings (SSSR count). The number of hydrogen-bond acceptors (Lipinski definition) is 0. The van der Waals surface area contributed by atoms with Crippen molar-refractivity contribution >= 4 is 0 Å². The van der Waals surface area contributed by atoms with E-state index in [0.29, 0.717) is 0 Å². The lowest BCUT2D eigenvalue weighted by Crippen LogP contribution is -3.00. The van der Waals surface area contributed by atoms with Crippen molar-refractivity contribution in [1.82, 2.24) is 0 Å². The van der Waals surface area contributed by atoms with Crippen LogP contribution in [-0.4, -0.2) is 7.05 Å². The second-order valence-corrected chi connectivity index (χ2v) is 9.13. The molecule has 0 spiro atoms. The summed E-state index contributed by atoms with van der Waals surface area (Å²) in [6, 6.07) is 11.0. The van der Waals surface area contributed by atoms with Crippen LogP contribution in [0.5, 0.6) is 0 Å². The molecule has 178 valence electrons. The minimum absolute atomic E-state index is 0. The predicted molar refractivity (Wildman–Crippen MR) is 126 cm³/mol. The van der Waals surface area contributed by atoms with E-state index in [4.69, 9.17) is 0 Å². The van der Waals surface area contributed by atoms with E-state index in [2.05, 4.69) is 56.5 Å². The van der Waals surface area contributed by atoms with Gasteiger partial charge in [-0.2, -0.15) is 0 Å². The highest BCUT2D eigenvalue weighted by Crippen LogP contribution is 2.23. The zero-order chi connectivity index (χ0) is 20.3. The molecule has 1 unspecified atom stereocenters. The van der Waals surface area contributed by atoms with Gasteiger partial charge < -0.3 is 30.1 Å². The summed E-state index contributed by atoms with van der Waals surface area (Å²) >= 11 is 0. The summed E-state index contributed by atoms with van der Waals surface area (Å²) < 4.78 is 0. The van der Waals surface area contributed by atoms with Gasteiger partial charge in [-0.05, 0) is 13.3 Å². The maximum atomic E-state index is 2.40. The molecule has 0 aliphatic rings. The number of halogens is 2. The van der Waals surface area contributed by atoms with Crippen LogP contribution in [0.1, 0.15) is 129 Å². The molecule has 30 heavy (non-hydrogen) atoms. The standard InChI is InChI=1S/C27H49N.2ClH/c1-4-5-6-7-8-9-10-11-12-13-14-15-16-17-18-22-25-27(2,28-3)26-23-20-19-21-24-26;;/h19-21,23-24,28H,4-18,22,25H2,1-3H3;2*1H/p-1. The third-order valence-corrected chi connectivity index (χ3v) is 6.62. The minimum atomic E-state index is 0. The third-order valence-electron chi connectivity index (χ3n) is 6.62. The first-order valence-corrected chi connectivity index (χ1v) is 12.6. The molecule has 2 N–H and O–H groups in total. The van der Waals surface area contributed by atoms with Gasteiger partial charge in [0.25, 0.3) is 0 Å². The molecule has 0 amide bonds. The monoisotopic (exact) mass is 458 g/mol. The average Bonchev–Trinajstić information content (AvgIpc) is 2.74. The Kier molecular flexibility index (Phi) is 23.4. The van der Waals surface area contributed by atoms with Gasteiger partial charge in [-0.25, -0.2) is 0 Å². The first kappa shape index (κ1) is 31.9. The molecule has 0 aliphatic heterocycles. The fourth-order valence-corrected chi connectivity index (χ4v) is 4.31. The van der Waals surface area contributed by atoms with E-state index in [0.717, 1.165) is 0 Å². The molecule has 1 aromatic rings. The van der Waals surface area contributed by atoms with Crippen LogP contribution >= 0.6 is 0 Å². The van der Waals surface area contributed by atoms with Gasteiger partial charge in [-0.3, -0.25) is 0 Å². The lowest BCUT2D eigenvalue weighted by molar-refractivity contribution is -0.710. The molecule has 0 aliphatic carbocycles. The summed E-state index contributed by atoms with van der Waals surface area (Å²) in [5, 5.41) is 2.40. The van der Waals surface area contributed by atoms with Gasteiger partial charge in [-0.15, -0.1) is 0 Å². The molecule has 1 nitrogen and oxygen atoms in total. The molecule has 0 fully saturated rings. The van der Waals surface area contributed by atoms with Crippen molar-refractivity contribution in [3.8, 4) is 0 Å². The SMILES string of the molecule is CCCCCCCCCCCCCCCCCCC(C)([NH2+]C)c1ccccc1.[Cl-].[Cl-]. The van der Waals surface area contributed by atoms with Crippen LogP contribution in [0.4, 0.5) is 0 Å². The molecule has 0 aromatic heterocycles. The van der Waals surface area contributed by atoms with E-state index in [9.17, 15) is 0 Å². The van der Waals surface area contributed by atoms with Crippen molar-refractivity contribution in [1.29, 1.82) is 0 Å². The van der Waals surface area contributed by atoms with Crippen molar-refractivity contribution in [3.05, 3.63) is 35.9 Å². The molecule has 0 saturated carbocycles. The smallest absolute Gasteiger partial charge is 0.119 e. The van der Waals surface area contributed by atoms with Gasteiger partial charge >= 0.3 is 0 Å². The van der Waals surface area contributed by atoms with Gasteiger partial charge in [0.15, 0.2) is 0 Å². The Morgan fingerprint density at radius 2 is 0.967 bits per heavy atom. The molecule has 1 aromatic carbocycles. The predicted octanol–water partition coefficient (Wildman–Crippen LogP) is 1.75. The Morgan fingerprint density at radius 1 is 0.600 bits per heavy atom. The van der Waals surface area contributed by atoms with Gasteiger partial charge in [0.2, 0.25) is 0 Å². The fourth-order valence-electron chi connectivity index (χ4n) is 4.31. The van der Waals surface area contributed by atoms with Crippen LogP contribution in [-0.2, 0) is 5.54 Å². The average molecular weight is 460 g/mol. The molecular formula is C27H50Cl2N-. The quantitative estimate of drug-likeness (QED) is 0.304. The maximum absolute atomic E-state index is 2.40. The van der Waals surface area contributed by atoms with Crippen molar-refractivity contribution in [2.75, 3.05) is 7.05 Å². The van der Waals surface area contributed by atoms with Crippen molar-refractivity contribution in [2.45, 2.75) is 129 Å². The van der Waals surface area contributed by atoms with Crippen LogP contribution in [0.2, 0.25) is 0 Å². The largest absolute Gasteiger partial charge is 1.00 e. The van der Waals surface area contributed by atoms with Crippen LogP contribution < -0.4 is 30.1 Å². The zero-order valence-corrected chi connectivity index (χ0v) is 21.8. The van der Waals surface area contributed by atoms with Gasteiger partial charge in [0, 0.05) is 12.0 Å². The summed E-state index contributed by atoms with van der Waals surface area (Å²) in [6.45, 7) is 4.69. The summed E-state index contributed by atoms with van der Waals surface area (Å²) in [6.07, 6.45) is 24.4. The lowest BCUT2D eigenvalue weighted by Gasteiger charge is -2.26. The van der Waals surface area contributed by atoms with Crippen LogP contribution in [0.25, 0.3) is 0 Å². The highest BCUT2D eigenvalue weighted by atomic mass is 35.5. The number of quaternary nitrogens is 1. The summed E-state index contributed by atoms with van der Waals surface area (Å²) in [7, 11) is 2.22. The molecular weight excluding hydrogens is 409 g/mol. The topological polar surface area (TPSA) is 16.6 Å². The van der Waals surface area contributed by atoms with Crippen LogP contribution in [0, 0.1) is 0 Å². The molecule has 1 atom stereocenters. The molecule has 3 heteroatoms. The molecule has 0 heterocycles. The van der Waals surface area contributed by atoms with E-state index in [1.54, 1.807) is 0 Å². The van der Waals surface area contributed by atoms with E-state index in [1.807, 2.05) is 0 Å². The Balaban J connectivity index is 0. The second kappa shape index (κ2) is 22.0. The highest BCUT2D eigenvalue weighted by Gasteiger charge is 2.27. The van der Waals surface area contributed by atoms with Crippen molar-refractivity contribution in [3.63, 3.8) is 0 Å². The fraction of sp³-hybridized carbons (Fsp3) is 0.778. The third kappa shape index (κ3) is 15.5. The van der Waals surface area contributed by atoms with Crippen LogP contribution in [0.3, 0.4) is 0 Å². The highest BCUT2D eigenvalue weighted by molar-refractivity contribution is 5.20. The zero-order valence-electron chi connectivity index (χ0n) is 20.2. The normalized spacial score (nSPS) is 12.6. The number of unbranched alkanes of at least 4 members (excludes halogenated alkanes) is 15. The van der Waals surface area contributed by atoms with Gasteiger partial charge in [0.1, 0.15) is 5.54 Å². The van der Waals surface area contributed by atoms with Gasteiger partial charge in [-0.1, -0.05) is 134 Å². The molecule has 0 bridgehead atoms. The number of benzene rings is 1. The van der Waals surface area contributed by atoms with Crippen LogP contribution in [0.15, 0.2) is 30.3 Å². The molecule has 0 radical (unpaired) electrons. The van der Waals surface area contributed by atoms with Crippen molar-refractivity contribution < 1.29 is 30.1 Å². The van der Waals surface area contributed by atoms with E-state index >= 15 is 0 Å². The summed E-state index contributed by atoms with van der Waals surface area (Å²) in [5.41, 5.74) is 1.72. The van der Waals surface area contributed by atoms with E-state index in [1.165, 1.54) is 115 Å². The first-order chi connectivity index (χ1) is 13.7. The van der Waals surface area contributed by atoms with Gasteiger partial charge in [0.05, 0.1) is 7.05 Å².